The van der Waals surface area contributed by atoms with Crippen molar-refractivity contribution in [3.8, 4) is 0 Å². The molecule has 0 fully saturated rings. The molecule has 0 saturated heterocycles. The third-order valence-corrected chi connectivity index (χ3v) is 5.30. The molecule has 0 bridgehead atoms. The summed E-state index contributed by atoms with van der Waals surface area (Å²) in [6.45, 7) is 5.73. The van der Waals surface area contributed by atoms with Crippen LogP contribution in [0.3, 0.4) is 0 Å². The number of nitrogens with one attached hydrogen (secondary N) is 2. The summed E-state index contributed by atoms with van der Waals surface area (Å²) in [4.78, 5) is 21.2. The van der Waals surface area contributed by atoms with Crippen LogP contribution in [0, 0.1) is 0 Å². The van der Waals surface area contributed by atoms with Gasteiger partial charge >= 0.3 is 5.97 Å². The van der Waals surface area contributed by atoms with E-state index < -0.39 is 12.0 Å². The van der Waals surface area contributed by atoms with Gasteiger partial charge in [-0.1, -0.05) is 56.3 Å². The smallest absolute Gasteiger partial charge is 0.343 e. The standard InChI is InChI=1S/C25H30N4O4/c1-4-33-23(32)20-14-26-24(27-19-12-10-18(11-13-19)25(2,3)16-31)29-22(20)28-21(15-30)17-8-6-5-7-9-17/h5-14,21,30-31H,4,15-16H2,1-3H3,(H2,26,27,28,29)/t21-/m1/s1. The number of carbonyl (C=O) groups excluding carboxylic acids is 1. The second kappa shape index (κ2) is 10.9. The second-order valence-corrected chi connectivity index (χ2v) is 8.21. The number of aliphatic hydroxyl groups is 2. The van der Waals surface area contributed by atoms with E-state index in [-0.39, 0.29) is 42.6 Å². The Morgan fingerprint density at radius 3 is 2.39 bits per heavy atom. The van der Waals surface area contributed by atoms with Crippen molar-refractivity contribution in [2.24, 2.45) is 0 Å². The molecule has 0 radical (unpaired) electrons. The number of benzene rings is 2. The van der Waals surface area contributed by atoms with E-state index in [4.69, 9.17) is 4.74 Å². The Labute approximate surface area is 193 Å². The van der Waals surface area contributed by atoms with Crippen LogP contribution in [-0.2, 0) is 10.2 Å². The summed E-state index contributed by atoms with van der Waals surface area (Å²) < 4.78 is 5.14. The van der Waals surface area contributed by atoms with Crippen LogP contribution >= 0.6 is 0 Å². The summed E-state index contributed by atoms with van der Waals surface area (Å²) in [5.74, 6) is -0.0109. The van der Waals surface area contributed by atoms with Crippen LogP contribution in [0.25, 0.3) is 0 Å². The number of anilines is 3. The summed E-state index contributed by atoms with van der Waals surface area (Å²) in [6.07, 6.45) is 1.40. The molecule has 4 N–H and O–H groups in total. The number of rotatable bonds is 10. The fourth-order valence-corrected chi connectivity index (χ4v) is 3.22. The number of esters is 1. The third kappa shape index (κ3) is 6.06. The van der Waals surface area contributed by atoms with Gasteiger partial charge in [0.1, 0.15) is 11.4 Å². The highest BCUT2D eigenvalue weighted by Crippen LogP contribution is 2.26. The minimum absolute atomic E-state index is 0.0423. The van der Waals surface area contributed by atoms with Crippen molar-refractivity contribution in [2.45, 2.75) is 32.2 Å². The van der Waals surface area contributed by atoms with Crippen molar-refractivity contribution in [3.05, 3.63) is 77.5 Å². The van der Waals surface area contributed by atoms with Crippen molar-refractivity contribution < 1.29 is 19.7 Å². The van der Waals surface area contributed by atoms with Gasteiger partial charge in [-0.3, -0.25) is 0 Å². The van der Waals surface area contributed by atoms with Gasteiger partial charge in [-0.25, -0.2) is 9.78 Å². The number of aliphatic hydroxyl groups excluding tert-OH is 2. The molecule has 0 saturated carbocycles. The Balaban J connectivity index is 1.88. The van der Waals surface area contributed by atoms with E-state index in [2.05, 4.69) is 20.6 Å². The molecule has 3 rings (SSSR count). The maximum absolute atomic E-state index is 12.5. The number of hydrogen-bond acceptors (Lipinski definition) is 8. The van der Waals surface area contributed by atoms with E-state index in [1.807, 2.05) is 68.4 Å². The molecule has 0 aliphatic rings. The average molecular weight is 451 g/mol. The van der Waals surface area contributed by atoms with Crippen LogP contribution in [0.5, 0.6) is 0 Å². The third-order valence-electron chi connectivity index (χ3n) is 5.30. The van der Waals surface area contributed by atoms with Crippen LogP contribution < -0.4 is 10.6 Å². The number of carbonyl (C=O) groups is 1. The first-order valence-corrected chi connectivity index (χ1v) is 10.8. The Morgan fingerprint density at radius 2 is 1.79 bits per heavy atom. The second-order valence-electron chi connectivity index (χ2n) is 8.21. The highest BCUT2D eigenvalue weighted by molar-refractivity contribution is 5.94. The fourth-order valence-electron chi connectivity index (χ4n) is 3.22. The molecule has 1 aromatic heterocycles. The van der Waals surface area contributed by atoms with Crippen LogP contribution in [-0.4, -0.2) is 46.0 Å². The largest absolute Gasteiger partial charge is 0.462 e. The SMILES string of the molecule is CCOC(=O)c1cnc(Nc2ccc(C(C)(C)CO)cc2)nc1N[C@H](CO)c1ccccc1. The molecule has 0 unspecified atom stereocenters. The minimum atomic E-state index is -0.549. The van der Waals surface area contributed by atoms with Gasteiger partial charge in [0.15, 0.2) is 0 Å². The maximum atomic E-state index is 12.5. The van der Waals surface area contributed by atoms with E-state index in [9.17, 15) is 15.0 Å². The Hall–Kier alpha value is -3.49. The zero-order valence-electron chi connectivity index (χ0n) is 19.1. The summed E-state index contributed by atoms with van der Waals surface area (Å²) >= 11 is 0. The quantitative estimate of drug-likeness (QED) is 0.345. The molecule has 0 aliphatic carbocycles. The molecule has 174 valence electrons. The van der Waals surface area contributed by atoms with Gasteiger partial charge in [-0.05, 0) is 30.2 Å². The van der Waals surface area contributed by atoms with Gasteiger partial charge in [-0.15, -0.1) is 0 Å². The molecular formula is C25H30N4O4. The molecule has 3 aromatic rings. The molecule has 0 aliphatic heterocycles. The van der Waals surface area contributed by atoms with Gasteiger partial charge in [-0.2, -0.15) is 4.98 Å². The Kier molecular flexibility index (Phi) is 7.97. The van der Waals surface area contributed by atoms with Crippen LogP contribution in [0.2, 0.25) is 0 Å². The average Bonchev–Trinajstić information content (AvgIpc) is 2.83. The molecule has 0 spiro atoms. The van der Waals surface area contributed by atoms with E-state index in [0.717, 1.165) is 16.8 Å². The van der Waals surface area contributed by atoms with Crippen LogP contribution in [0.15, 0.2) is 60.8 Å². The van der Waals surface area contributed by atoms with Gasteiger partial charge in [0.2, 0.25) is 5.95 Å². The highest BCUT2D eigenvalue weighted by Gasteiger charge is 2.21. The van der Waals surface area contributed by atoms with Gasteiger partial charge in [0.25, 0.3) is 0 Å². The lowest BCUT2D eigenvalue weighted by molar-refractivity contribution is 0.0526. The van der Waals surface area contributed by atoms with Crippen LogP contribution in [0.1, 0.15) is 48.3 Å². The van der Waals surface area contributed by atoms with Crippen molar-refractivity contribution in [3.63, 3.8) is 0 Å². The van der Waals surface area contributed by atoms with Gasteiger partial charge in [0.05, 0.1) is 25.9 Å². The molecule has 8 nitrogen and oxygen atoms in total. The summed E-state index contributed by atoms with van der Waals surface area (Å²) in [6, 6.07) is 16.6. The summed E-state index contributed by atoms with van der Waals surface area (Å²) in [5, 5.41) is 25.8. The molecule has 1 atom stereocenters. The lowest BCUT2D eigenvalue weighted by Gasteiger charge is -2.22. The van der Waals surface area contributed by atoms with Gasteiger partial charge < -0.3 is 25.6 Å². The summed E-state index contributed by atoms with van der Waals surface area (Å²) in [5.41, 5.74) is 2.44. The Bertz CT molecular complexity index is 1060. The molecule has 0 amide bonds. The molecule has 2 aromatic carbocycles. The zero-order chi connectivity index (χ0) is 23.8. The number of aromatic nitrogens is 2. The van der Waals surface area contributed by atoms with Crippen molar-refractivity contribution >= 4 is 23.4 Å². The van der Waals surface area contributed by atoms with Crippen molar-refractivity contribution in [2.75, 3.05) is 30.5 Å². The highest BCUT2D eigenvalue weighted by atomic mass is 16.5. The first-order chi connectivity index (χ1) is 15.9. The van der Waals surface area contributed by atoms with E-state index in [0.29, 0.717) is 0 Å². The number of nitrogens with zero attached hydrogens (tertiary/aromatic N) is 2. The topological polar surface area (TPSA) is 117 Å². The molecule has 33 heavy (non-hydrogen) atoms. The number of hydrogen-bond donors (Lipinski definition) is 4. The Morgan fingerprint density at radius 1 is 1.09 bits per heavy atom. The normalized spacial score (nSPS) is 12.2. The lowest BCUT2D eigenvalue weighted by atomic mass is 9.86. The minimum Gasteiger partial charge on any atom is -0.462 e. The summed E-state index contributed by atoms with van der Waals surface area (Å²) in [7, 11) is 0. The van der Waals surface area contributed by atoms with E-state index in [1.165, 1.54) is 6.20 Å². The number of ether oxygens (including phenoxy) is 1. The van der Waals surface area contributed by atoms with Crippen molar-refractivity contribution in [1.29, 1.82) is 0 Å². The fraction of sp³-hybridized carbons (Fsp3) is 0.320. The predicted octanol–water partition coefficient (Wildman–Crippen LogP) is 3.81. The van der Waals surface area contributed by atoms with Crippen LogP contribution in [0.4, 0.5) is 17.5 Å². The monoisotopic (exact) mass is 450 g/mol. The van der Waals surface area contributed by atoms with Crippen molar-refractivity contribution in [1.82, 2.24) is 9.97 Å². The predicted molar refractivity (Wildman–Crippen MR) is 128 cm³/mol. The van der Waals surface area contributed by atoms with Gasteiger partial charge in [0, 0.05) is 17.3 Å². The molecule has 8 heteroatoms. The first-order valence-electron chi connectivity index (χ1n) is 10.8. The van der Waals surface area contributed by atoms with E-state index >= 15 is 0 Å². The lowest BCUT2D eigenvalue weighted by Crippen LogP contribution is -2.21. The first kappa shape index (κ1) is 24.2. The molecule has 1 heterocycles. The molecular weight excluding hydrogens is 420 g/mol. The van der Waals surface area contributed by atoms with E-state index in [1.54, 1.807) is 6.92 Å². The maximum Gasteiger partial charge on any atom is 0.343 e. The zero-order valence-corrected chi connectivity index (χ0v) is 19.1.